The maximum atomic E-state index is 11.8. The molecule has 2 aromatic rings. The van der Waals surface area contributed by atoms with E-state index >= 15 is 0 Å². The highest BCUT2D eigenvalue weighted by atomic mass is 79.9. The first-order chi connectivity index (χ1) is 9.31. The van der Waals surface area contributed by atoms with Crippen LogP contribution in [-0.2, 0) is 11.2 Å². The average molecular weight is 325 g/mol. The van der Waals surface area contributed by atoms with Gasteiger partial charge in [0.1, 0.15) is 5.69 Å². The van der Waals surface area contributed by atoms with Gasteiger partial charge in [-0.1, -0.05) is 39.6 Å². The number of hydrogen-bond donors (Lipinski definition) is 1. The van der Waals surface area contributed by atoms with Crippen molar-refractivity contribution in [2.24, 2.45) is 0 Å². The molecule has 2 rings (SSSR count). The van der Waals surface area contributed by atoms with Crippen molar-refractivity contribution in [3.05, 3.63) is 30.0 Å². The van der Waals surface area contributed by atoms with E-state index in [1.54, 1.807) is 0 Å². The second kappa shape index (κ2) is 7.28. The molecule has 0 aliphatic carbocycles. The predicted octanol–water partition coefficient (Wildman–Crippen LogP) is 3.05. The fourth-order valence-corrected chi connectivity index (χ4v) is 2.30. The SMILES string of the molecule is O=C(Cc1noc2ccccc12)NCCCCCBr. The lowest BCUT2D eigenvalue weighted by Crippen LogP contribution is -2.26. The first-order valence-electron chi connectivity index (χ1n) is 6.47. The molecule has 19 heavy (non-hydrogen) atoms. The highest BCUT2D eigenvalue weighted by Gasteiger charge is 2.11. The van der Waals surface area contributed by atoms with E-state index in [0.717, 1.165) is 42.1 Å². The van der Waals surface area contributed by atoms with Gasteiger partial charge in [-0.3, -0.25) is 4.79 Å². The summed E-state index contributed by atoms with van der Waals surface area (Å²) in [7, 11) is 0. The number of rotatable bonds is 7. The van der Waals surface area contributed by atoms with E-state index < -0.39 is 0 Å². The van der Waals surface area contributed by atoms with E-state index in [1.165, 1.54) is 0 Å². The number of fused-ring (bicyclic) bond motifs is 1. The van der Waals surface area contributed by atoms with Crippen LogP contribution in [0.15, 0.2) is 28.8 Å². The summed E-state index contributed by atoms with van der Waals surface area (Å²) < 4.78 is 5.17. The Morgan fingerprint density at radius 2 is 2.11 bits per heavy atom. The fourth-order valence-electron chi connectivity index (χ4n) is 1.90. The second-order valence-electron chi connectivity index (χ2n) is 4.40. The summed E-state index contributed by atoms with van der Waals surface area (Å²) in [6.45, 7) is 0.724. The molecule has 1 heterocycles. The zero-order valence-corrected chi connectivity index (χ0v) is 12.3. The van der Waals surface area contributed by atoms with E-state index in [1.807, 2.05) is 24.3 Å². The van der Waals surface area contributed by atoms with Gasteiger partial charge in [0.05, 0.1) is 6.42 Å². The lowest BCUT2D eigenvalue weighted by Gasteiger charge is -2.03. The van der Waals surface area contributed by atoms with E-state index in [9.17, 15) is 4.79 Å². The number of amides is 1. The van der Waals surface area contributed by atoms with Gasteiger partial charge in [-0.2, -0.15) is 0 Å². The highest BCUT2D eigenvalue weighted by molar-refractivity contribution is 9.09. The Bertz CT molecular complexity index is 539. The van der Waals surface area contributed by atoms with Crippen LogP contribution < -0.4 is 5.32 Å². The lowest BCUT2D eigenvalue weighted by atomic mass is 10.1. The minimum absolute atomic E-state index is 0.00195. The summed E-state index contributed by atoms with van der Waals surface area (Å²) in [5, 5.41) is 8.79. The molecule has 102 valence electrons. The molecular weight excluding hydrogens is 308 g/mol. The number of para-hydroxylation sites is 1. The summed E-state index contributed by atoms with van der Waals surface area (Å²) >= 11 is 3.39. The van der Waals surface area contributed by atoms with Gasteiger partial charge in [-0.25, -0.2) is 0 Å². The molecule has 0 saturated carbocycles. The first-order valence-corrected chi connectivity index (χ1v) is 7.59. The molecule has 1 N–H and O–H groups in total. The number of nitrogens with zero attached hydrogens (tertiary/aromatic N) is 1. The van der Waals surface area contributed by atoms with Crippen LogP contribution in [0, 0.1) is 0 Å². The van der Waals surface area contributed by atoms with Gasteiger partial charge >= 0.3 is 0 Å². The Labute approximate surface area is 120 Å². The van der Waals surface area contributed by atoms with Crippen LogP contribution in [0.5, 0.6) is 0 Å². The van der Waals surface area contributed by atoms with Crippen LogP contribution in [-0.4, -0.2) is 22.9 Å². The number of aromatic nitrogens is 1. The minimum Gasteiger partial charge on any atom is -0.356 e. The standard InChI is InChI=1S/C14H17BrN2O2/c15-8-4-1-5-9-16-14(18)10-12-11-6-2-3-7-13(11)19-17-12/h2-3,6-7H,1,4-5,8-10H2,(H,16,18). The van der Waals surface area contributed by atoms with Crippen molar-refractivity contribution < 1.29 is 9.32 Å². The van der Waals surface area contributed by atoms with Gasteiger partial charge in [0.15, 0.2) is 5.58 Å². The lowest BCUT2D eigenvalue weighted by molar-refractivity contribution is -0.120. The van der Waals surface area contributed by atoms with Crippen molar-refractivity contribution in [1.82, 2.24) is 10.5 Å². The largest absolute Gasteiger partial charge is 0.356 e. The smallest absolute Gasteiger partial charge is 0.226 e. The van der Waals surface area contributed by atoms with Crippen LogP contribution in [0.3, 0.4) is 0 Å². The second-order valence-corrected chi connectivity index (χ2v) is 5.19. The summed E-state index contributed by atoms with van der Waals surface area (Å²) in [6.07, 6.45) is 3.55. The molecule has 0 bridgehead atoms. The number of carbonyl (C=O) groups excluding carboxylic acids is 1. The third-order valence-electron chi connectivity index (χ3n) is 2.91. The summed E-state index contributed by atoms with van der Waals surface area (Å²) in [6, 6.07) is 7.58. The van der Waals surface area contributed by atoms with Crippen LogP contribution >= 0.6 is 15.9 Å². The maximum Gasteiger partial charge on any atom is 0.226 e. The van der Waals surface area contributed by atoms with Crippen molar-refractivity contribution in [3.8, 4) is 0 Å². The molecule has 0 aliphatic rings. The average Bonchev–Trinajstić information content (AvgIpc) is 2.82. The molecule has 0 spiro atoms. The third kappa shape index (κ3) is 4.06. The molecule has 0 radical (unpaired) electrons. The van der Waals surface area contributed by atoms with Gasteiger partial charge in [0, 0.05) is 17.3 Å². The Morgan fingerprint density at radius 3 is 2.95 bits per heavy atom. The molecule has 0 aliphatic heterocycles. The van der Waals surface area contributed by atoms with Gasteiger partial charge in [-0.15, -0.1) is 0 Å². The monoisotopic (exact) mass is 324 g/mol. The quantitative estimate of drug-likeness (QED) is 0.629. The minimum atomic E-state index is -0.00195. The zero-order valence-electron chi connectivity index (χ0n) is 10.7. The van der Waals surface area contributed by atoms with Gasteiger partial charge in [-0.05, 0) is 25.0 Å². The molecule has 4 nitrogen and oxygen atoms in total. The Balaban J connectivity index is 1.82. The Morgan fingerprint density at radius 1 is 1.26 bits per heavy atom. The van der Waals surface area contributed by atoms with Gasteiger partial charge in [0.25, 0.3) is 0 Å². The number of benzene rings is 1. The summed E-state index contributed by atoms with van der Waals surface area (Å²) in [5.74, 6) is -0.00195. The number of hydrogen-bond acceptors (Lipinski definition) is 3. The van der Waals surface area contributed by atoms with Crippen molar-refractivity contribution in [1.29, 1.82) is 0 Å². The maximum absolute atomic E-state index is 11.8. The fraction of sp³-hybridized carbons (Fsp3) is 0.429. The summed E-state index contributed by atoms with van der Waals surface area (Å²) in [5.41, 5.74) is 1.43. The van der Waals surface area contributed by atoms with Gasteiger partial charge in [0.2, 0.25) is 5.91 Å². The van der Waals surface area contributed by atoms with E-state index in [-0.39, 0.29) is 12.3 Å². The molecule has 0 atom stereocenters. The number of nitrogens with one attached hydrogen (secondary N) is 1. The van der Waals surface area contributed by atoms with E-state index in [4.69, 9.17) is 4.52 Å². The highest BCUT2D eigenvalue weighted by Crippen LogP contribution is 2.17. The topological polar surface area (TPSA) is 55.1 Å². The first kappa shape index (κ1) is 14.1. The predicted molar refractivity (Wildman–Crippen MR) is 78.4 cm³/mol. The zero-order chi connectivity index (χ0) is 13.5. The van der Waals surface area contributed by atoms with Crippen LogP contribution in [0.25, 0.3) is 11.0 Å². The van der Waals surface area contributed by atoms with Crippen molar-refractivity contribution >= 4 is 32.8 Å². The normalized spacial score (nSPS) is 10.8. The van der Waals surface area contributed by atoms with Crippen LogP contribution in [0.4, 0.5) is 0 Å². The molecule has 0 fully saturated rings. The molecular formula is C14H17BrN2O2. The third-order valence-corrected chi connectivity index (χ3v) is 3.47. The van der Waals surface area contributed by atoms with E-state index in [0.29, 0.717) is 5.69 Å². The number of alkyl halides is 1. The number of unbranched alkanes of at least 4 members (excludes halogenated alkanes) is 2. The van der Waals surface area contributed by atoms with Gasteiger partial charge < -0.3 is 9.84 Å². The molecule has 5 heteroatoms. The molecule has 1 aromatic carbocycles. The number of carbonyl (C=O) groups is 1. The molecule has 0 unspecified atom stereocenters. The Hall–Kier alpha value is -1.36. The van der Waals surface area contributed by atoms with Crippen molar-refractivity contribution in [3.63, 3.8) is 0 Å². The molecule has 1 aromatic heterocycles. The molecule has 0 saturated heterocycles. The van der Waals surface area contributed by atoms with Crippen molar-refractivity contribution in [2.45, 2.75) is 25.7 Å². The summed E-state index contributed by atoms with van der Waals surface area (Å²) in [4.78, 5) is 11.8. The number of halogens is 1. The van der Waals surface area contributed by atoms with Crippen LogP contribution in [0.1, 0.15) is 25.0 Å². The van der Waals surface area contributed by atoms with E-state index in [2.05, 4.69) is 26.4 Å². The molecule has 1 amide bonds. The van der Waals surface area contributed by atoms with Crippen molar-refractivity contribution in [2.75, 3.05) is 11.9 Å². The Kier molecular flexibility index (Phi) is 5.39. The van der Waals surface area contributed by atoms with Crippen LogP contribution in [0.2, 0.25) is 0 Å².